The van der Waals surface area contributed by atoms with Crippen molar-refractivity contribution in [3.63, 3.8) is 0 Å². The van der Waals surface area contributed by atoms with E-state index in [2.05, 4.69) is 181 Å². The maximum atomic E-state index is 14.7. The molecule has 15 aliphatic carbocycles. The van der Waals surface area contributed by atoms with Crippen LogP contribution in [0.2, 0.25) is 0 Å². The first-order chi connectivity index (χ1) is 65.0. The number of aliphatic carboxylic acids is 1. The number of nitrogens with one attached hydrogen (secondary N) is 2. The summed E-state index contributed by atoms with van der Waals surface area (Å²) in [7, 11) is 4.53. The Morgan fingerprint density at radius 2 is 0.679 bits per heavy atom. The van der Waals surface area contributed by atoms with Crippen molar-refractivity contribution in [2.24, 2.45) is 156 Å². The molecule has 6 N–H and O–H groups in total. The Balaban J connectivity index is 0.000000191. The summed E-state index contributed by atoms with van der Waals surface area (Å²) in [4.78, 5) is 152. The third-order valence-corrected chi connectivity index (χ3v) is 43.7. The minimum absolute atomic E-state index is 0. The molecule has 140 heavy (non-hydrogen) atoms. The number of hydrogen-bond acceptors (Lipinski definition) is 19. The standard InChI is InChI=1S/C40H55NO6.C37H53NO3.C33H49NO6.C3H3ClO3.C2H6.CH4O.CH4/c1-35(2)29-14-17-40(7)31(38(29,5)16-15-30(35)41-32(43)33(44)46-8)28(42)22-26-27-23-37(4,19-18-36(27,3)20-21-39(26,40)6)34(45)47-24-25-12-10-9-11-13-25;1-32(2)28-13-16-37(7)30(35(28,5)15-14-29(32)38)27(39)21-25-26-22-34(4,18-17-33(26,3)19-20-36(25,37)6)31(40)41-23-24-11-9-8-10-12-24;1-28(2)22-9-12-33(7)24(31(22,5)11-10-23(28)34-25(36)26(37)40-8)21(35)17-19-20-18-30(4,27(38)39)14-13-29(20,3)15-16-32(19,33)6;1-7-3(6)2(4)5;2*1-2;/h9-13,22,27,29-31H,14-21,23-24H2,1-8H3,(H,41,43);8-12,21,26,28-30H,13-20,22-23,38H2,1-7H3;17,20,22-24H,9-16,18H2,1-8H3,(H,34,36)(H,38,39);1H3;1-2H3;2H,1H3;1H4/t27-,29-,30-,31+,36+,37-,38-,39+,40+;26-,28-,29-,30+,33+,34-,35-,36+,37+;20-,22-,23-,24+,29+,30-,31-,32+,33+;;;;/m000..../s1/i;;;;1D;;. The summed E-state index contributed by atoms with van der Waals surface area (Å²) in [5.74, 6) is -3.19. The summed E-state index contributed by atoms with van der Waals surface area (Å²) >= 11 is 4.61. The van der Waals surface area contributed by atoms with E-state index in [0.717, 1.165) is 167 Å². The number of ketones is 3. The van der Waals surface area contributed by atoms with Gasteiger partial charge < -0.3 is 50.3 Å². The third kappa shape index (κ3) is 18.4. The van der Waals surface area contributed by atoms with Gasteiger partial charge in [-0.25, -0.2) is 14.4 Å². The highest BCUT2D eigenvalue weighted by Gasteiger charge is 2.75. The van der Waals surface area contributed by atoms with Crippen LogP contribution in [0.25, 0.3) is 0 Å². The van der Waals surface area contributed by atoms with Gasteiger partial charge in [0.25, 0.3) is 0 Å². The predicted molar refractivity (Wildman–Crippen MR) is 543 cm³/mol. The maximum absolute atomic E-state index is 14.7. The number of aliphatic hydroxyl groups is 1. The minimum Gasteiger partial charge on any atom is -0.481 e. The molecule has 0 saturated heterocycles. The van der Waals surface area contributed by atoms with E-state index in [0.29, 0.717) is 57.3 Å². The second-order valence-electron chi connectivity index (χ2n) is 51.2. The van der Waals surface area contributed by atoms with E-state index in [4.69, 9.17) is 21.7 Å². The maximum Gasteiger partial charge on any atom is 0.396 e. The highest BCUT2D eigenvalue weighted by atomic mass is 35.5. The van der Waals surface area contributed by atoms with Crippen LogP contribution in [0.5, 0.6) is 0 Å². The number of fused-ring (bicyclic) bond motifs is 21. The van der Waals surface area contributed by atoms with Crippen LogP contribution in [0.4, 0.5) is 0 Å². The van der Waals surface area contributed by atoms with Crippen molar-refractivity contribution in [3.8, 4) is 0 Å². The fourth-order valence-corrected chi connectivity index (χ4v) is 34.2. The number of carbonyl (C=O) groups excluding carboxylic acids is 11. The zero-order chi connectivity index (χ0) is 104. The molecular formula is C117H174ClN3O19. The molecule has 778 valence electrons. The van der Waals surface area contributed by atoms with Crippen molar-refractivity contribution >= 4 is 81.8 Å². The molecule has 0 spiro atoms. The fraction of sp³-hybridized carbons (Fsp3) is 0.744. The molecule has 2 aromatic carbocycles. The number of hydrogen-bond donors (Lipinski definition) is 5. The average Bonchev–Trinajstić information content (AvgIpc) is 0.678. The Morgan fingerprint density at radius 1 is 0.400 bits per heavy atom. The van der Waals surface area contributed by atoms with Crippen molar-refractivity contribution in [3.05, 3.63) is 107 Å². The second kappa shape index (κ2) is 39.9. The summed E-state index contributed by atoms with van der Waals surface area (Å²) in [6.45, 7) is 51.1. The quantitative estimate of drug-likeness (QED) is 0.0638. The van der Waals surface area contributed by atoms with Crippen LogP contribution in [0.1, 0.15) is 353 Å². The number of amides is 2. The number of carboxylic acids is 1. The average molecular weight is 1960 g/mol. The van der Waals surface area contributed by atoms with Crippen LogP contribution in [-0.4, -0.2) is 127 Å². The van der Waals surface area contributed by atoms with E-state index in [1.54, 1.807) is 6.92 Å². The topological polar surface area (TPSA) is 342 Å². The molecule has 0 aliphatic heterocycles. The Bertz CT molecular complexity index is 5200. The number of aliphatic hydroxyl groups excluding tert-OH is 1. The van der Waals surface area contributed by atoms with Crippen molar-refractivity contribution in [1.82, 2.24) is 10.6 Å². The van der Waals surface area contributed by atoms with Crippen LogP contribution in [-0.2, 0) is 94.4 Å². The third-order valence-electron chi connectivity index (χ3n) is 43.5. The largest absolute Gasteiger partial charge is 0.481 e. The van der Waals surface area contributed by atoms with E-state index in [1.165, 1.54) is 30.9 Å². The molecule has 17 rings (SSSR count). The summed E-state index contributed by atoms with van der Waals surface area (Å²) in [5.41, 5.74) is 8.88. The van der Waals surface area contributed by atoms with E-state index >= 15 is 0 Å². The van der Waals surface area contributed by atoms with E-state index < -0.39 is 57.2 Å². The number of esters is 5. The monoisotopic (exact) mass is 1960 g/mol. The van der Waals surface area contributed by atoms with Gasteiger partial charge in [-0.15, -0.1) is 0 Å². The number of rotatable bonds is 10. The molecule has 2 amide bonds. The zero-order valence-corrected chi connectivity index (χ0v) is 89.7. The number of benzene rings is 2. The SMILES string of the molecule is C.CC1(C)[C@@H](N)CC[C@]2(C)[C@H]3C(=O)C=C4[C@@H]5C[C@@](C)(C(=O)OCc6ccccc6)CC[C@]5(C)CC[C@@]4(C)[C@]3(C)CC[C@@H]12.CO.COC(=O)C(=O)Cl.COC(=O)C(=O)N[C@H]1CC[C@]2(C)[C@H]3C(=O)C=C4[C@@H]5C[C@@](C)(C(=O)O)CC[C@]5(C)CC[C@@]4(C)[C@]3(C)CC[C@H]2C1(C)C.COC(=O)C(=O)N[C@H]1CC[C@]2(C)[C@H]3C(=O)C=C4[C@@H]5C[C@@](C)(C(=O)OCc6ccccc6)CC[C@]5(C)CC[C@@]4(C)[C@]3(C)CC[C@H]2C1(C)C.[2H]CC. The lowest BCUT2D eigenvalue weighted by molar-refractivity contribution is -0.191. The van der Waals surface area contributed by atoms with Gasteiger partial charge in [-0.2, -0.15) is 0 Å². The number of carboxylic acid groups (broad SMARTS) is 1. The van der Waals surface area contributed by atoms with Crippen LogP contribution < -0.4 is 16.4 Å². The fourth-order valence-electron chi connectivity index (χ4n) is 34.2. The van der Waals surface area contributed by atoms with Crippen molar-refractivity contribution < 1.29 is 92.8 Å². The lowest BCUT2D eigenvalue weighted by Crippen LogP contribution is -2.68. The van der Waals surface area contributed by atoms with Gasteiger partial charge in [0, 0.05) is 44.4 Å². The highest BCUT2D eigenvalue weighted by Crippen LogP contribution is 2.80. The van der Waals surface area contributed by atoms with Crippen LogP contribution >= 0.6 is 11.6 Å². The molecule has 2 aromatic rings. The van der Waals surface area contributed by atoms with Gasteiger partial charge >= 0.3 is 52.9 Å². The molecule has 12 fully saturated rings. The van der Waals surface area contributed by atoms with Gasteiger partial charge in [0.2, 0.25) is 0 Å². The summed E-state index contributed by atoms with van der Waals surface area (Å²) in [6.07, 6.45) is 30.9. The number of nitrogens with two attached hydrogens (primary N) is 1. The zero-order valence-electron chi connectivity index (χ0n) is 89.9. The first-order valence-electron chi connectivity index (χ1n) is 52.7. The predicted octanol–water partition coefficient (Wildman–Crippen LogP) is 22.3. The van der Waals surface area contributed by atoms with E-state index in [-0.39, 0.29) is 184 Å². The lowest BCUT2D eigenvalue weighted by atomic mass is 9.33. The molecule has 12 saturated carbocycles. The number of ether oxygens (including phenoxy) is 5. The van der Waals surface area contributed by atoms with E-state index in [1.807, 2.05) is 79.7 Å². The van der Waals surface area contributed by atoms with Crippen molar-refractivity contribution in [2.75, 3.05) is 28.4 Å². The number of methoxy groups -OCH3 is 3. The molecule has 0 unspecified atom stereocenters. The summed E-state index contributed by atoms with van der Waals surface area (Å²) in [6, 6.07) is 19.7. The molecule has 15 aliphatic rings. The van der Waals surface area contributed by atoms with Crippen molar-refractivity contribution in [1.29, 1.82) is 0 Å². The smallest absolute Gasteiger partial charge is 0.396 e. The minimum atomic E-state index is -1.09. The molecule has 0 aromatic heterocycles. The summed E-state index contributed by atoms with van der Waals surface area (Å²) in [5, 5.41) is 21.9. The Labute approximate surface area is 843 Å². The Kier molecular flexibility index (Phi) is 31.7. The molecular weight excluding hydrogens is 1790 g/mol. The van der Waals surface area contributed by atoms with Gasteiger partial charge in [-0.3, -0.25) is 43.2 Å². The number of halogens is 1. The first kappa shape index (κ1) is 111. The highest BCUT2D eigenvalue weighted by molar-refractivity contribution is 6.80. The van der Waals surface area contributed by atoms with Crippen LogP contribution in [0, 0.1) is 151 Å². The van der Waals surface area contributed by atoms with Crippen molar-refractivity contribution in [2.45, 2.75) is 371 Å². The molecule has 23 heteroatoms. The number of allylic oxidation sites excluding steroid dienone is 6. The summed E-state index contributed by atoms with van der Waals surface area (Å²) < 4.78 is 31.3. The van der Waals surface area contributed by atoms with Gasteiger partial charge in [0.15, 0.2) is 17.3 Å². The van der Waals surface area contributed by atoms with Gasteiger partial charge in [-0.05, 0) is 352 Å². The van der Waals surface area contributed by atoms with Gasteiger partial charge in [-0.1, -0.05) is 223 Å². The Morgan fingerprint density at radius 3 is 0.964 bits per heavy atom. The molecule has 22 nitrogen and oxygen atoms in total. The molecule has 27 atom stereocenters. The second-order valence-corrected chi connectivity index (χ2v) is 51.5. The molecule has 0 radical (unpaired) electrons. The van der Waals surface area contributed by atoms with E-state index in [9.17, 15) is 62.6 Å². The van der Waals surface area contributed by atoms with Crippen LogP contribution in [0.15, 0.2) is 95.6 Å². The number of carbonyl (C=O) groups is 12. The first-order valence-corrected chi connectivity index (χ1v) is 52.4. The molecule has 0 heterocycles. The van der Waals surface area contributed by atoms with Gasteiger partial charge in [0.05, 0.1) is 37.6 Å². The molecule has 0 bridgehead atoms. The normalized spacial score (nSPS) is 41.9. The Hall–Kier alpha value is -7.69. The van der Waals surface area contributed by atoms with Gasteiger partial charge in [0.1, 0.15) is 13.2 Å². The van der Waals surface area contributed by atoms with Crippen LogP contribution in [0.3, 0.4) is 0 Å². The lowest BCUT2D eigenvalue weighted by Gasteiger charge is -2.70.